The Kier molecular flexibility index (Phi) is 4.36. The van der Waals surface area contributed by atoms with Crippen LogP contribution in [-0.2, 0) is 7.05 Å². The zero-order chi connectivity index (χ0) is 13.0. The van der Waals surface area contributed by atoms with Crippen LogP contribution in [0.4, 0.5) is 0 Å². The summed E-state index contributed by atoms with van der Waals surface area (Å²) in [6.45, 7) is 0.866. The molecule has 0 aromatic carbocycles. The van der Waals surface area contributed by atoms with E-state index in [1.54, 1.807) is 24.0 Å². The minimum atomic E-state index is -0.127. The summed E-state index contributed by atoms with van der Waals surface area (Å²) in [4.78, 5) is 11.8. The van der Waals surface area contributed by atoms with Crippen LogP contribution in [0.3, 0.4) is 0 Å². The van der Waals surface area contributed by atoms with Gasteiger partial charge in [-0.15, -0.1) is 0 Å². The summed E-state index contributed by atoms with van der Waals surface area (Å²) in [7, 11) is 1.79. The molecule has 5 heteroatoms. The van der Waals surface area contributed by atoms with Crippen LogP contribution in [-0.4, -0.2) is 33.9 Å². The van der Waals surface area contributed by atoms with Gasteiger partial charge in [-0.2, -0.15) is 5.10 Å². The van der Waals surface area contributed by atoms with E-state index in [9.17, 15) is 9.90 Å². The fraction of sp³-hybridized carbons (Fsp3) is 0.692. The molecule has 1 aromatic rings. The monoisotopic (exact) mass is 251 g/mol. The van der Waals surface area contributed by atoms with Crippen molar-refractivity contribution in [3.63, 3.8) is 0 Å². The van der Waals surface area contributed by atoms with Crippen LogP contribution < -0.4 is 5.32 Å². The molecule has 0 spiro atoms. The molecule has 0 bridgehead atoms. The summed E-state index contributed by atoms with van der Waals surface area (Å²) < 4.78 is 1.62. The third-order valence-corrected chi connectivity index (χ3v) is 3.77. The molecule has 5 nitrogen and oxygen atoms in total. The molecule has 1 amide bonds. The van der Waals surface area contributed by atoms with E-state index in [0.717, 1.165) is 12.8 Å². The van der Waals surface area contributed by atoms with Crippen molar-refractivity contribution in [2.45, 2.75) is 25.7 Å². The summed E-state index contributed by atoms with van der Waals surface area (Å²) in [5, 5.41) is 16.3. The Hall–Kier alpha value is -1.36. The largest absolute Gasteiger partial charge is 0.396 e. The van der Waals surface area contributed by atoms with Gasteiger partial charge in [0.1, 0.15) is 5.69 Å². The summed E-state index contributed by atoms with van der Waals surface area (Å²) in [6, 6.07) is 1.71. The highest BCUT2D eigenvalue weighted by Crippen LogP contribution is 2.29. The minimum Gasteiger partial charge on any atom is -0.396 e. The van der Waals surface area contributed by atoms with Gasteiger partial charge in [0.15, 0.2) is 0 Å². The quantitative estimate of drug-likeness (QED) is 0.837. The molecule has 1 aromatic heterocycles. The third-order valence-electron chi connectivity index (χ3n) is 3.77. The zero-order valence-corrected chi connectivity index (χ0v) is 10.8. The van der Waals surface area contributed by atoms with Crippen molar-refractivity contribution in [2.24, 2.45) is 18.9 Å². The second-order valence-electron chi connectivity index (χ2n) is 5.07. The lowest BCUT2D eigenvalue weighted by Gasteiger charge is -2.30. The van der Waals surface area contributed by atoms with E-state index in [1.807, 2.05) is 0 Å². The van der Waals surface area contributed by atoms with E-state index in [2.05, 4.69) is 10.4 Å². The number of carbonyl (C=O) groups is 1. The van der Waals surface area contributed by atoms with Crippen LogP contribution in [0, 0.1) is 11.8 Å². The van der Waals surface area contributed by atoms with Crippen LogP contribution in [0.2, 0.25) is 0 Å². The number of aromatic nitrogens is 2. The van der Waals surface area contributed by atoms with E-state index >= 15 is 0 Å². The number of aliphatic hydroxyl groups is 1. The van der Waals surface area contributed by atoms with Crippen molar-refractivity contribution < 1.29 is 9.90 Å². The van der Waals surface area contributed by atoms with Crippen LogP contribution >= 0.6 is 0 Å². The summed E-state index contributed by atoms with van der Waals surface area (Å²) in [6.07, 6.45) is 6.30. The summed E-state index contributed by atoms with van der Waals surface area (Å²) >= 11 is 0. The lowest BCUT2D eigenvalue weighted by molar-refractivity contribution is 0.0904. The number of nitrogens with zero attached hydrogens (tertiary/aromatic N) is 2. The first kappa shape index (κ1) is 13.1. The van der Waals surface area contributed by atoms with E-state index in [0.29, 0.717) is 24.1 Å². The molecule has 1 saturated carbocycles. The first-order chi connectivity index (χ1) is 8.70. The fourth-order valence-electron chi connectivity index (χ4n) is 2.64. The van der Waals surface area contributed by atoms with Gasteiger partial charge in [0.05, 0.1) is 0 Å². The molecule has 0 aliphatic heterocycles. The van der Waals surface area contributed by atoms with Gasteiger partial charge < -0.3 is 10.4 Å². The average molecular weight is 251 g/mol. The number of carbonyl (C=O) groups excluding carboxylic acids is 1. The first-order valence-corrected chi connectivity index (χ1v) is 6.59. The van der Waals surface area contributed by atoms with Crippen LogP contribution in [0.1, 0.15) is 36.2 Å². The molecule has 1 aliphatic rings. The predicted octanol–water partition coefficient (Wildman–Crippen LogP) is 0.949. The zero-order valence-electron chi connectivity index (χ0n) is 10.8. The topological polar surface area (TPSA) is 67.2 Å². The summed E-state index contributed by atoms with van der Waals surface area (Å²) in [5.41, 5.74) is 0.453. The molecular formula is C13H21N3O2. The van der Waals surface area contributed by atoms with Gasteiger partial charge in [-0.1, -0.05) is 12.8 Å². The Labute approximate surface area is 107 Å². The number of hydrogen-bond acceptors (Lipinski definition) is 3. The van der Waals surface area contributed by atoms with Crippen LogP contribution in [0.15, 0.2) is 12.3 Å². The highest BCUT2D eigenvalue weighted by Gasteiger charge is 2.25. The van der Waals surface area contributed by atoms with Crippen LogP contribution in [0.5, 0.6) is 0 Å². The van der Waals surface area contributed by atoms with Gasteiger partial charge in [0.25, 0.3) is 5.91 Å². The van der Waals surface area contributed by atoms with E-state index < -0.39 is 0 Å². The molecular weight excluding hydrogens is 230 g/mol. The van der Waals surface area contributed by atoms with Gasteiger partial charge in [0.2, 0.25) is 0 Å². The van der Waals surface area contributed by atoms with Gasteiger partial charge >= 0.3 is 0 Å². The molecule has 100 valence electrons. The molecule has 1 fully saturated rings. The van der Waals surface area contributed by atoms with Crippen LogP contribution in [0.25, 0.3) is 0 Å². The number of amides is 1. The van der Waals surface area contributed by atoms with E-state index in [1.165, 1.54) is 12.8 Å². The number of hydrogen-bond donors (Lipinski definition) is 2. The highest BCUT2D eigenvalue weighted by molar-refractivity contribution is 5.92. The van der Waals surface area contributed by atoms with Crippen molar-refractivity contribution in [1.82, 2.24) is 15.1 Å². The average Bonchev–Trinajstić information content (AvgIpc) is 2.83. The lowest BCUT2D eigenvalue weighted by atomic mass is 9.79. The molecule has 2 unspecified atom stereocenters. The molecule has 0 radical (unpaired) electrons. The molecule has 1 aliphatic carbocycles. The highest BCUT2D eigenvalue weighted by atomic mass is 16.3. The maximum atomic E-state index is 11.8. The van der Waals surface area contributed by atoms with Gasteiger partial charge in [-0.3, -0.25) is 9.48 Å². The molecule has 2 atom stereocenters. The van der Waals surface area contributed by atoms with Crippen molar-refractivity contribution in [3.05, 3.63) is 18.0 Å². The molecule has 2 rings (SSSR count). The molecule has 2 N–H and O–H groups in total. The molecule has 18 heavy (non-hydrogen) atoms. The standard InChI is InChI=1S/C13H21N3O2/c1-16-7-6-12(15-16)13(18)14-8-10-4-2-3-5-11(10)9-17/h6-7,10-11,17H,2-5,8-9H2,1H3,(H,14,18). The Morgan fingerprint density at radius 3 is 2.83 bits per heavy atom. The Bertz CT molecular complexity index is 403. The van der Waals surface area contributed by atoms with Crippen molar-refractivity contribution in [3.8, 4) is 0 Å². The number of nitrogens with one attached hydrogen (secondary N) is 1. The first-order valence-electron chi connectivity index (χ1n) is 6.59. The Balaban J connectivity index is 1.85. The smallest absolute Gasteiger partial charge is 0.271 e. The Morgan fingerprint density at radius 2 is 2.22 bits per heavy atom. The normalized spacial score (nSPS) is 23.9. The van der Waals surface area contributed by atoms with Crippen molar-refractivity contribution in [1.29, 1.82) is 0 Å². The fourth-order valence-corrected chi connectivity index (χ4v) is 2.64. The molecule has 0 saturated heterocycles. The van der Waals surface area contributed by atoms with E-state index in [4.69, 9.17) is 0 Å². The van der Waals surface area contributed by atoms with E-state index in [-0.39, 0.29) is 12.5 Å². The van der Waals surface area contributed by atoms with Gasteiger partial charge in [-0.05, 0) is 30.7 Å². The second kappa shape index (κ2) is 6.00. The lowest BCUT2D eigenvalue weighted by Crippen LogP contribution is -2.35. The number of aliphatic hydroxyl groups excluding tert-OH is 1. The maximum Gasteiger partial charge on any atom is 0.271 e. The van der Waals surface area contributed by atoms with Gasteiger partial charge in [0, 0.05) is 26.4 Å². The van der Waals surface area contributed by atoms with Crippen molar-refractivity contribution >= 4 is 5.91 Å². The van der Waals surface area contributed by atoms with Crippen molar-refractivity contribution in [2.75, 3.05) is 13.2 Å². The SMILES string of the molecule is Cn1ccc(C(=O)NCC2CCCCC2CO)n1. The molecule has 1 heterocycles. The summed E-state index contributed by atoms with van der Waals surface area (Å²) in [5.74, 6) is 0.608. The number of rotatable bonds is 4. The second-order valence-corrected chi connectivity index (χ2v) is 5.07. The third kappa shape index (κ3) is 3.10. The Morgan fingerprint density at radius 1 is 1.50 bits per heavy atom. The minimum absolute atomic E-state index is 0.127. The predicted molar refractivity (Wildman–Crippen MR) is 68.1 cm³/mol. The van der Waals surface area contributed by atoms with Gasteiger partial charge in [-0.25, -0.2) is 0 Å². The maximum absolute atomic E-state index is 11.8. The number of aryl methyl sites for hydroxylation is 1.